The molecule has 2 heterocycles. The summed E-state index contributed by atoms with van der Waals surface area (Å²) in [5, 5.41) is 10.8. The lowest BCUT2D eigenvalue weighted by molar-refractivity contribution is -0.128. The maximum Gasteiger partial charge on any atom is 0.524 e. The molecule has 2 amide bonds. The van der Waals surface area contributed by atoms with Crippen LogP contribution in [0.3, 0.4) is 0 Å². The molecule has 0 aliphatic rings. The summed E-state index contributed by atoms with van der Waals surface area (Å²) >= 11 is 0. The molecule has 2 aromatic heterocycles. The lowest BCUT2D eigenvalue weighted by Crippen LogP contribution is -2.48. The van der Waals surface area contributed by atoms with Crippen molar-refractivity contribution < 1.29 is 33.0 Å². The van der Waals surface area contributed by atoms with Gasteiger partial charge in [-0.3, -0.25) is 19.4 Å². The number of carbonyl (C=O) groups excluding carboxylic acids is 2. The second kappa shape index (κ2) is 13.6. The minimum atomic E-state index is -4.70. The van der Waals surface area contributed by atoms with Gasteiger partial charge in [-0.15, -0.1) is 0 Å². The molecule has 4 rings (SSSR count). The predicted molar refractivity (Wildman–Crippen MR) is 151 cm³/mol. The molecule has 218 valence electrons. The third kappa shape index (κ3) is 8.75. The fourth-order valence-electron chi connectivity index (χ4n) is 4.55. The zero-order valence-corrected chi connectivity index (χ0v) is 23.8. The number of fused-ring (bicyclic) bond motifs is 1. The zero-order valence-electron chi connectivity index (χ0n) is 22.9. The number of H-pyrrole nitrogens is 1. The van der Waals surface area contributed by atoms with E-state index in [1.165, 1.54) is 19.1 Å². The maximum absolute atomic E-state index is 13.6. The summed E-state index contributed by atoms with van der Waals surface area (Å²) < 4.78 is 21.3. The number of phosphoric acid groups is 1. The lowest BCUT2D eigenvalue weighted by Gasteiger charge is -2.21. The minimum Gasteiger partial charge on any atom is -0.404 e. The summed E-state index contributed by atoms with van der Waals surface area (Å²) in [4.78, 5) is 51.4. The van der Waals surface area contributed by atoms with E-state index in [9.17, 15) is 14.2 Å². The fraction of sp³-hybridized carbons (Fsp3) is 0.357. The van der Waals surface area contributed by atoms with Gasteiger partial charge in [0.15, 0.2) is 5.82 Å². The molecule has 41 heavy (non-hydrogen) atoms. The number of unbranched alkanes of at least 4 members (excludes halogenated alkanes) is 2. The van der Waals surface area contributed by atoms with Gasteiger partial charge in [0, 0.05) is 43.3 Å². The molecule has 0 saturated carbocycles. The van der Waals surface area contributed by atoms with Crippen molar-refractivity contribution in [2.24, 2.45) is 0 Å². The van der Waals surface area contributed by atoms with E-state index < -0.39 is 31.7 Å². The van der Waals surface area contributed by atoms with Gasteiger partial charge >= 0.3 is 7.82 Å². The van der Waals surface area contributed by atoms with Crippen molar-refractivity contribution >= 4 is 30.5 Å². The van der Waals surface area contributed by atoms with Crippen LogP contribution in [0.2, 0.25) is 0 Å². The van der Waals surface area contributed by atoms with Gasteiger partial charge in [-0.25, -0.2) is 4.57 Å². The van der Waals surface area contributed by atoms with Gasteiger partial charge in [-0.2, -0.15) is 4.98 Å². The number of aromatic amines is 1. The van der Waals surface area contributed by atoms with Gasteiger partial charge in [0.05, 0.1) is 0 Å². The van der Waals surface area contributed by atoms with Crippen molar-refractivity contribution in [2.75, 3.05) is 0 Å². The van der Waals surface area contributed by atoms with Gasteiger partial charge in [0.2, 0.25) is 17.7 Å². The Kier molecular flexibility index (Phi) is 9.93. The Morgan fingerprint density at radius 3 is 2.54 bits per heavy atom. The quantitative estimate of drug-likeness (QED) is 0.109. The van der Waals surface area contributed by atoms with Crippen LogP contribution in [-0.4, -0.2) is 42.8 Å². The van der Waals surface area contributed by atoms with E-state index >= 15 is 0 Å². The molecule has 12 nitrogen and oxygen atoms in total. The Balaban J connectivity index is 1.55. The Hall–Kier alpha value is -3.99. The van der Waals surface area contributed by atoms with Crippen molar-refractivity contribution in [2.45, 2.75) is 64.5 Å². The zero-order chi connectivity index (χ0) is 29.4. The van der Waals surface area contributed by atoms with Gasteiger partial charge in [-0.05, 0) is 35.7 Å². The first-order valence-electron chi connectivity index (χ1n) is 13.4. The summed E-state index contributed by atoms with van der Waals surface area (Å²) in [5.74, 6) is -0.0204. The average Bonchev–Trinajstić information content (AvgIpc) is 3.55. The van der Waals surface area contributed by atoms with Gasteiger partial charge < -0.3 is 24.7 Å². The van der Waals surface area contributed by atoms with Gasteiger partial charge in [0.25, 0.3) is 0 Å². The van der Waals surface area contributed by atoms with E-state index in [0.29, 0.717) is 24.2 Å². The predicted octanol–water partition coefficient (Wildman–Crippen LogP) is 3.90. The summed E-state index contributed by atoms with van der Waals surface area (Å²) in [6, 6.07) is 12.1. The summed E-state index contributed by atoms with van der Waals surface area (Å²) in [5.41, 5.74) is 2.55. The van der Waals surface area contributed by atoms with E-state index in [-0.39, 0.29) is 18.1 Å². The number of hydrogen-bond acceptors (Lipinski definition) is 7. The maximum atomic E-state index is 13.6. The van der Waals surface area contributed by atoms with Crippen molar-refractivity contribution in [3.05, 3.63) is 77.6 Å². The van der Waals surface area contributed by atoms with Gasteiger partial charge in [-0.1, -0.05) is 55.3 Å². The van der Waals surface area contributed by atoms with Crippen LogP contribution < -0.4 is 15.2 Å². The van der Waals surface area contributed by atoms with Crippen LogP contribution in [0.1, 0.15) is 62.0 Å². The Morgan fingerprint density at radius 1 is 1.07 bits per heavy atom. The fourth-order valence-corrected chi connectivity index (χ4v) is 4.95. The first-order chi connectivity index (χ1) is 19.6. The molecule has 0 fully saturated rings. The molecular formula is C28H34N5O7P. The standard InChI is InChI=1S/C28H34N5O7P/c1-3-4-5-10-26-32-28(39-33-26)25(16-20-17-29-23-9-7-6-8-22(20)23)31-27(35)24(30-18(2)34)15-19-11-13-21(14-12-19)40-41(36,37)38/h6-9,11-14,17,24-25,29H,3-5,10,15-16H2,1-2H3,(H,30,34)(H,31,35)(H2,36,37,38)/t24-,25-/m0/s1. The third-order valence-electron chi connectivity index (χ3n) is 6.48. The normalized spacial score (nSPS) is 13.1. The van der Waals surface area contributed by atoms with Crippen molar-refractivity contribution in [1.29, 1.82) is 0 Å². The molecule has 0 aliphatic heterocycles. The smallest absolute Gasteiger partial charge is 0.404 e. The highest BCUT2D eigenvalue weighted by Crippen LogP contribution is 2.37. The summed E-state index contributed by atoms with van der Waals surface area (Å²) in [6.45, 7) is 3.44. The molecule has 13 heteroatoms. The van der Waals surface area contributed by atoms with E-state index in [4.69, 9.17) is 14.3 Å². The number of benzene rings is 2. The van der Waals surface area contributed by atoms with Crippen LogP contribution in [-0.2, 0) is 33.4 Å². The number of rotatable bonds is 14. The summed E-state index contributed by atoms with van der Waals surface area (Å²) in [7, 11) is -4.70. The molecule has 2 aromatic carbocycles. The number of aromatic nitrogens is 3. The Bertz CT molecular complexity index is 1510. The van der Waals surface area contributed by atoms with E-state index in [1.54, 1.807) is 12.1 Å². The van der Waals surface area contributed by atoms with Crippen LogP contribution in [0, 0.1) is 0 Å². The van der Waals surface area contributed by atoms with Crippen LogP contribution >= 0.6 is 7.82 Å². The molecular weight excluding hydrogens is 549 g/mol. The number of para-hydroxylation sites is 1. The highest BCUT2D eigenvalue weighted by atomic mass is 31.2. The number of hydrogen-bond donors (Lipinski definition) is 5. The molecule has 2 atom stereocenters. The molecule has 0 unspecified atom stereocenters. The molecule has 0 aliphatic carbocycles. The van der Waals surface area contributed by atoms with Crippen LogP contribution in [0.15, 0.2) is 59.3 Å². The number of amides is 2. The van der Waals surface area contributed by atoms with Crippen LogP contribution in [0.25, 0.3) is 10.9 Å². The molecule has 0 bridgehead atoms. The third-order valence-corrected chi connectivity index (χ3v) is 6.93. The number of phosphoric ester groups is 1. The Labute approximate surface area is 237 Å². The number of nitrogens with zero attached hydrogens (tertiary/aromatic N) is 2. The number of carbonyl (C=O) groups is 2. The molecule has 4 aromatic rings. The van der Waals surface area contributed by atoms with Crippen LogP contribution in [0.4, 0.5) is 0 Å². The number of nitrogens with one attached hydrogen (secondary N) is 3. The highest BCUT2D eigenvalue weighted by molar-refractivity contribution is 7.46. The SMILES string of the molecule is CCCCCc1noc([C@H](Cc2c[nH]c3ccccc23)NC(=O)[C@H](Cc2ccc(OP(=O)(O)O)cc2)NC(C)=O)n1. The largest absolute Gasteiger partial charge is 0.524 e. The molecule has 5 N–H and O–H groups in total. The van der Waals surface area contributed by atoms with E-state index in [0.717, 1.165) is 35.7 Å². The van der Waals surface area contributed by atoms with Crippen LogP contribution in [0.5, 0.6) is 5.75 Å². The van der Waals surface area contributed by atoms with E-state index in [1.807, 2.05) is 30.5 Å². The first-order valence-corrected chi connectivity index (χ1v) is 14.9. The molecule has 0 spiro atoms. The molecule has 0 saturated heterocycles. The second-order valence-corrected chi connectivity index (χ2v) is 11.0. The monoisotopic (exact) mass is 583 g/mol. The topological polar surface area (TPSA) is 180 Å². The minimum absolute atomic E-state index is 0.0208. The average molecular weight is 584 g/mol. The first kappa shape index (κ1) is 30.0. The lowest BCUT2D eigenvalue weighted by atomic mass is 10.0. The number of aryl methyl sites for hydroxylation is 1. The van der Waals surface area contributed by atoms with Crippen molar-refractivity contribution in [1.82, 2.24) is 25.8 Å². The summed E-state index contributed by atoms with van der Waals surface area (Å²) in [6.07, 6.45) is 6.08. The van der Waals surface area contributed by atoms with Crippen molar-refractivity contribution in [3.63, 3.8) is 0 Å². The second-order valence-electron chi connectivity index (χ2n) is 9.81. The molecule has 0 radical (unpaired) electrons. The van der Waals surface area contributed by atoms with E-state index in [2.05, 4.69) is 37.2 Å². The highest BCUT2D eigenvalue weighted by Gasteiger charge is 2.28. The Morgan fingerprint density at radius 2 is 1.83 bits per heavy atom. The van der Waals surface area contributed by atoms with Crippen molar-refractivity contribution in [3.8, 4) is 5.75 Å². The van der Waals surface area contributed by atoms with Gasteiger partial charge in [0.1, 0.15) is 17.8 Å².